The number of pyridine rings is 1. The second kappa shape index (κ2) is 7.24. The number of nitrogens with two attached hydrogens (primary N) is 1. The van der Waals surface area contributed by atoms with Crippen LogP contribution in [-0.4, -0.2) is 51.6 Å². The normalized spacial score (nSPS) is 16.4. The number of anilines is 2. The maximum Gasteiger partial charge on any atom is 0.152 e. The number of nitrogens with one attached hydrogen (secondary N) is 1. The van der Waals surface area contributed by atoms with Gasteiger partial charge in [-0.2, -0.15) is 0 Å². The Morgan fingerprint density at radius 1 is 1.11 bits per heavy atom. The first kappa shape index (κ1) is 19.0. The van der Waals surface area contributed by atoms with Gasteiger partial charge >= 0.3 is 0 Å². The number of nitrogens with zero attached hydrogens (tertiary/aromatic N) is 4. The van der Waals surface area contributed by atoms with Gasteiger partial charge < -0.3 is 15.6 Å². The first-order chi connectivity index (χ1) is 13.4. The number of imidazole rings is 1. The predicted molar refractivity (Wildman–Crippen MR) is 118 cm³/mol. The van der Waals surface area contributed by atoms with E-state index in [4.69, 9.17) is 10.7 Å². The summed E-state index contributed by atoms with van der Waals surface area (Å²) in [4.78, 5) is 17.9. The van der Waals surface area contributed by atoms with Gasteiger partial charge in [-0.05, 0) is 45.4 Å². The van der Waals surface area contributed by atoms with Crippen molar-refractivity contribution in [3.05, 3.63) is 24.0 Å². The Labute approximate surface area is 167 Å². The molecular formula is C22H32N6. The lowest BCUT2D eigenvalue weighted by Crippen LogP contribution is -2.53. The summed E-state index contributed by atoms with van der Waals surface area (Å²) >= 11 is 0. The number of nitrogen functional groups attached to an aromatic ring is 1. The summed E-state index contributed by atoms with van der Waals surface area (Å²) in [5.74, 6) is 1.51. The molecule has 0 atom stereocenters. The molecule has 150 valence electrons. The number of benzene rings is 1. The summed E-state index contributed by atoms with van der Waals surface area (Å²) in [5, 5.41) is 1.11. The van der Waals surface area contributed by atoms with E-state index in [-0.39, 0.29) is 5.54 Å². The summed E-state index contributed by atoms with van der Waals surface area (Å²) in [6.45, 7) is 13.3. The van der Waals surface area contributed by atoms with Gasteiger partial charge in [0.25, 0.3) is 0 Å². The van der Waals surface area contributed by atoms with Crippen molar-refractivity contribution in [2.45, 2.75) is 52.5 Å². The minimum absolute atomic E-state index is 0.230. The minimum Gasteiger partial charge on any atom is -0.382 e. The third kappa shape index (κ3) is 3.53. The quantitative estimate of drug-likeness (QED) is 0.717. The van der Waals surface area contributed by atoms with Crippen LogP contribution in [0.25, 0.3) is 21.9 Å². The van der Waals surface area contributed by atoms with Crippen LogP contribution in [0.5, 0.6) is 0 Å². The van der Waals surface area contributed by atoms with E-state index < -0.39 is 0 Å². The number of hydrogen-bond donors (Lipinski definition) is 2. The molecule has 28 heavy (non-hydrogen) atoms. The number of rotatable bonds is 4. The molecular weight excluding hydrogens is 348 g/mol. The Kier molecular flexibility index (Phi) is 4.91. The highest BCUT2D eigenvalue weighted by Crippen LogP contribution is 2.30. The third-order valence-corrected chi connectivity index (χ3v) is 5.85. The van der Waals surface area contributed by atoms with Gasteiger partial charge in [-0.3, -0.25) is 4.90 Å². The van der Waals surface area contributed by atoms with Gasteiger partial charge in [0.05, 0.1) is 11.0 Å². The smallest absolute Gasteiger partial charge is 0.152 e. The Bertz CT molecular complexity index is 976. The van der Waals surface area contributed by atoms with Crippen LogP contribution in [0, 0.1) is 0 Å². The highest BCUT2D eigenvalue weighted by Gasteiger charge is 2.26. The van der Waals surface area contributed by atoms with E-state index in [2.05, 4.69) is 65.7 Å². The summed E-state index contributed by atoms with van der Waals surface area (Å²) in [5.41, 5.74) is 10.4. The molecule has 1 fully saturated rings. The first-order valence-electron chi connectivity index (χ1n) is 10.4. The second-order valence-electron chi connectivity index (χ2n) is 8.85. The van der Waals surface area contributed by atoms with Crippen LogP contribution in [0.15, 0.2) is 18.2 Å². The van der Waals surface area contributed by atoms with Crippen molar-refractivity contribution < 1.29 is 0 Å². The lowest BCUT2D eigenvalue weighted by molar-refractivity contribution is 0.128. The molecule has 2 aromatic heterocycles. The molecule has 0 amide bonds. The monoisotopic (exact) mass is 380 g/mol. The maximum absolute atomic E-state index is 6.19. The number of aromatic amines is 1. The molecule has 3 N–H and O–H groups in total. The molecule has 3 heterocycles. The van der Waals surface area contributed by atoms with E-state index in [1.807, 2.05) is 0 Å². The molecule has 1 aliphatic heterocycles. The van der Waals surface area contributed by atoms with Crippen LogP contribution in [-0.2, 0) is 6.42 Å². The molecule has 3 aromatic rings. The van der Waals surface area contributed by atoms with Gasteiger partial charge in [-0.25, -0.2) is 9.97 Å². The zero-order valence-electron chi connectivity index (χ0n) is 17.5. The number of H-pyrrole nitrogens is 1. The molecule has 0 saturated carbocycles. The Balaban J connectivity index is 1.67. The number of unbranched alkanes of at least 4 members (excludes halogenated alkanes) is 1. The van der Waals surface area contributed by atoms with E-state index in [0.29, 0.717) is 5.82 Å². The number of aromatic nitrogens is 3. The van der Waals surface area contributed by atoms with Gasteiger partial charge in [-0.1, -0.05) is 13.3 Å². The molecule has 1 aromatic carbocycles. The predicted octanol–water partition coefficient (Wildman–Crippen LogP) is 3.96. The van der Waals surface area contributed by atoms with Gasteiger partial charge in [0, 0.05) is 49.2 Å². The molecule has 6 heteroatoms. The number of aryl methyl sites for hydroxylation is 1. The van der Waals surface area contributed by atoms with E-state index in [0.717, 1.165) is 73.2 Å². The fourth-order valence-electron chi connectivity index (χ4n) is 4.10. The second-order valence-corrected chi connectivity index (χ2v) is 8.85. The highest BCUT2D eigenvalue weighted by atomic mass is 15.3. The van der Waals surface area contributed by atoms with Crippen molar-refractivity contribution >= 4 is 33.4 Å². The summed E-state index contributed by atoms with van der Waals surface area (Å²) in [7, 11) is 0. The zero-order valence-corrected chi connectivity index (χ0v) is 17.5. The van der Waals surface area contributed by atoms with Gasteiger partial charge in [0.1, 0.15) is 11.3 Å². The highest BCUT2D eigenvalue weighted by molar-refractivity contribution is 6.07. The van der Waals surface area contributed by atoms with Crippen LogP contribution >= 0.6 is 0 Å². The largest absolute Gasteiger partial charge is 0.382 e. The molecule has 1 aliphatic rings. The molecule has 0 spiro atoms. The molecule has 0 unspecified atom stereocenters. The fraction of sp³-hybridized carbons (Fsp3) is 0.545. The van der Waals surface area contributed by atoms with Crippen LogP contribution < -0.4 is 10.6 Å². The van der Waals surface area contributed by atoms with Crippen molar-refractivity contribution in [1.29, 1.82) is 0 Å². The summed E-state index contributed by atoms with van der Waals surface area (Å²) < 4.78 is 0. The van der Waals surface area contributed by atoms with Gasteiger partial charge in [0.2, 0.25) is 0 Å². The average molecular weight is 381 g/mol. The molecule has 0 aliphatic carbocycles. The van der Waals surface area contributed by atoms with E-state index in [1.54, 1.807) is 0 Å². The van der Waals surface area contributed by atoms with E-state index >= 15 is 0 Å². The van der Waals surface area contributed by atoms with Crippen molar-refractivity contribution in [1.82, 2.24) is 19.9 Å². The molecule has 0 radical (unpaired) electrons. The van der Waals surface area contributed by atoms with Crippen molar-refractivity contribution in [2.24, 2.45) is 0 Å². The van der Waals surface area contributed by atoms with Crippen LogP contribution in [0.2, 0.25) is 0 Å². The number of hydrogen-bond acceptors (Lipinski definition) is 5. The zero-order chi connectivity index (χ0) is 19.9. The van der Waals surface area contributed by atoms with Gasteiger partial charge in [-0.15, -0.1) is 0 Å². The van der Waals surface area contributed by atoms with Crippen LogP contribution in [0.4, 0.5) is 11.5 Å². The molecule has 1 saturated heterocycles. The third-order valence-electron chi connectivity index (χ3n) is 5.85. The lowest BCUT2D eigenvalue weighted by Gasteiger charge is -2.43. The fourth-order valence-corrected chi connectivity index (χ4v) is 4.10. The van der Waals surface area contributed by atoms with Crippen LogP contribution in [0.1, 0.15) is 46.4 Å². The first-order valence-corrected chi connectivity index (χ1v) is 10.4. The molecule has 4 rings (SSSR count). The van der Waals surface area contributed by atoms with Crippen molar-refractivity contribution in [2.75, 3.05) is 36.8 Å². The Hall–Kier alpha value is -2.34. The van der Waals surface area contributed by atoms with Crippen molar-refractivity contribution in [3.63, 3.8) is 0 Å². The number of piperazine rings is 1. The van der Waals surface area contributed by atoms with E-state index in [9.17, 15) is 0 Å². The Morgan fingerprint density at radius 3 is 2.54 bits per heavy atom. The SMILES string of the molecule is CCCCc1nc2c(N)nc3ccc(N4CCN(C(C)(C)C)CC4)cc3c2[nH]1. The standard InChI is InChI=1S/C22H32N6/c1-5-6-7-18-25-19-16-14-15(8-9-17(16)24-21(23)20(19)26-18)27-10-12-28(13-11-27)22(2,3)4/h8-9,14H,5-7,10-13H2,1-4H3,(H2,23,24)(H,25,26). The lowest BCUT2D eigenvalue weighted by atomic mass is 10.0. The topological polar surface area (TPSA) is 74.1 Å². The van der Waals surface area contributed by atoms with Crippen molar-refractivity contribution in [3.8, 4) is 0 Å². The number of fused-ring (bicyclic) bond motifs is 3. The maximum atomic E-state index is 6.19. The summed E-state index contributed by atoms with van der Waals surface area (Å²) in [6.07, 6.45) is 3.21. The molecule has 0 bridgehead atoms. The molecule has 6 nitrogen and oxygen atoms in total. The van der Waals surface area contributed by atoms with Gasteiger partial charge in [0.15, 0.2) is 5.82 Å². The van der Waals surface area contributed by atoms with Crippen LogP contribution in [0.3, 0.4) is 0 Å². The minimum atomic E-state index is 0.230. The average Bonchev–Trinajstić information content (AvgIpc) is 3.11. The van der Waals surface area contributed by atoms with E-state index in [1.165, 1.54) is 5.69 Å². The summed E-state index contributed by atoms with van der Waals surface area (Å²) in [6, 6.07) is 6.50. The Morgan fingerprint density at radius 2 is 1.86 bits per heavy atom.